The molecule has 3 fully saturated rings. The molecule has 3 aliphatic carbocycles. The molecule has 4 rings (SSSR count). The molecule has 3 saturated carbocycles. The molecule has 0 atom stereocenters. The van der Waals surface area contributed by atoms with Crippen LogP contribution in [0, 0.1) is 3.57 Å². The van der Waals surface area contributed by atoms with Gasteiger partial charge in [0, 0.05) is 6.20 Å². The van der Waals surface area contributed by atoms with E-state index in [2.05, 4.69) is 39.2 Å². The van der Waals surface area contributed by atoms with Crippen molar-refractivity contribution in [2.45, 2.75) is 56.7 Å². The number of ether oxygens (including phenoxy) is 1. The molecule has 1 heterocycles. The average Bonchev–Trinajstić information content (AvgIpc) is 2.52. The molecule has 1 aromatic rings. The minimum atomic E-state index is -0.441. The highest BCUT2D eigenvalue weighted by Gasteiger charge is 2.70. The van der Waals surface area contributed by atoms with Crippen molar-refractivity contribution in [1.29, 1.82) is 0 Å². The molecule has 0 aliphatic heterocycles. The van der Waals surface area contributed by atoms with Crippen molar-refractivity contribution in [3.05, 3.63) is 16.0 Å². The normalized spacial score (nSPS) is 32.2. The van der Waals surface area contributed by atoms with Crippen LogP contribution < -0.4 is 5.32 Å². The number of nitrogens with one attached hydrogen (secondary N) is 1. The molecule has 5 nitrogen and oxygen atoms in total. The molecular weight excluding hydrogens is 357 g/mol. The van der Waals surface area contributed by atoms with Crippen molar-refractivity contribution in [2.24, 2.45) is 0 Å². The second kappa shape index (κ2) is 3.86. The van der Waals surface area contributed by atoms with Gasteiger partial charge in [-0.05, 0) is 62.6 Å². The van der Waals surface area contributed by atoms with Gasteiger partial charge in [-0.3, -0.25) is 4.68 Å². The minimum absolute atomic E-state index is 0.0558. The smallest absolute Gasteiger partial charge is 0.408 e. The molecule has 0 unspecified atom stereocenters. The van der Waals surface area contributed by atoms with Crippen LogP contribution in [-0.2, 0) is 10.3 Å². The van der Waals surface area contributed by atoms with E-state index in [1.165, 1.54) is 0 Å². The molecule has 104 valence electrons. The van der Waals surface area contributed by atoms with Gasteiger partial charge in [0.05, 0.1) is 20.8 Å². The number of carbonyl (C=O) groups is 1. The van der Waals surface area contributed by atoms with E-state index in [0.29, 0.717) is 0 Å². The zero-order valence-electron chi connectivity index (χ0n) is 11.4. The van der Waals surface area contributed by atoms with E-state index in [1.54, 1.807) is 0 Å². The maximum atomic E-state index is 11.8. The van der Waals surface area contributed by atoms with Gasteiger partial charge in [0.15, 0.2) is 0 Å². The minimum Gasteiger partial charge on any atom is -0.444 e. The molecule has 2 bridgehead atoms. The third-order valence-electron chi connectivity index (χ3n) is 3.81. The van der Waals surface area contributed by atoms with Crippen LogP contribution in [0.5, 0.6) is 0 Å². The summed E-state index contributed by atoms with van der Waals surface area (Å²) < 4.78 is 8.50. The SMILES string of the molecule is CC(C)(C)OC(=O)NC12CC(n3cc(I)cn3)(C1)C2. The Morgan fingerprint density at radius 2 is 2.11 bits per heavy atom. The Bertz CT molecular complexity index is 512. The first-order chi connectivity index (χ1) is 8.72. The Hall–Kier alpha value is -0.790. The Kier molecular flexibility index (Phi) is 2.69. The number of aromatic nitrogens is 2. The number of carbonyl (C=O) groups excluding carboxylic acids is 1. The van der Waals surface area contributed by atoms with Crippen molar-refractivity contribution >= 4 is 28.7 Å². The van der Waals surface area contributed by atoms with Crippen LogP contribution >= 0.6 is 22.6 Å². The summed E-state index contributed by atoms with van der Waals surface area (Å²) in [4.78, 5) is 11.8. The highest BCUT2D eigenvalue weighted by Crippen LogP contribution is 2.65. The maximum absolute atomic E-state index is 11.8. The van der Waals surface area contributed by atoms with Crippen LogP contribution in [0.25, 0.3) is 0 Å². The number of hydrogen-bond acceptors (Lipinski definition) is 3. The predicted molar refractivity (Wildman–Crippen MR) is 78.9 cm³/mol. The molecule has 1 N–H and O–H groups in total. The highest BCUT2D eigenvalue weighted by molar-refractivity contribution is 14.1. The quantitative estimate of drug-likeness (QED) is 0.809. The van der Waals surface area contributed by atoms with Crippen LogP contribution in [0.4, 0.5) is 4.79 Å². The number of nitrogens with zero attached hydrogens (tertiary/aromatic N) is 2. The Labute approximate surface area is 126 Å². The zero-order chi connectivity index (χ0) is 13.9. The maximum Gasteiger partial charge on any atom is 0.408 e. The molecule has 19 heavy (non-hydrogen) atoms. The summed E-state index contributed by atoms with van der Waals surface area (Å²) in [5.41, 5.74) is -0.360. The molecule has 0 radical (unpaired) electrons. The van der Waals surface area contributed by atoms with E-state index in [4.69, 9.17) is 4.74 Å². The van der Waals surface area contributed by atoms with Gasteiger partial charge in [0.1, 0.15) is 5.60 Å². The number of halogens is 1. The van der Waals surface area contributed by atoms with E-state index < -0.39 is 5.60 Å². The van der Waals surface area contributed by atoms with Gasteiger partial charge in [-0.15, -0.1) is 0 Å². The topological polar surface area (TPSA) is 56.1 Å². The number of alkyl carbamates (subject to hydrolysis) is 1. The monoisotopic (exact) mass is 375 g/mol. The number of rotatable bonds is 2. The van der Waals surface area contributed by atoms with Gasteiger partial charge in [0.25, 0.3) is 0 Å². The summed E-state index contributed by atoms with van der Waals surface area (Å²) in [5.74, 6) is 0. The van der Waals surface area contributed by atoms with Crippen LogP contribution in [0.15, 0.2) is 12.4 Å². The summed E-state index contributed by atoms with van der Waals surface area (Å²) in [5, 5.41) is 7.39. The lowest BCUT2D eigenvalue weighted by Gasteiger charge is -2.69. The van der Waals surface area contributed by atoms with Gasteiger partial charge >= 0.3 is 6.09 Å². The summed E-state index contributed by atoms with van der Waals surface area (Å²) in [6.07, 6.45) is 6.49. The van der Waals surface area contributed by atoms with Crippen molar-refractivity contribution < 1.29 is 9.53 Å². The summed E-state index contributed by atoms with van der Waals surface area (Å²) in [6, 6.07) is 0. The molecule has 0 saturated heterocycles. The van der Waals surface area contributed by atoms with E-state index in [-0.39, 0.29) is 17.2 Å². The number of hydrogen-bond donors (Lipinski definition) is 1. The van der Waals surface area contributed by atoms with Gasteiger partial charge < -0.3 is 10.1 Å². The lowest BCUT2D eigenvalue weighted by atomic mass is 9.44. The number of amides is 1. The van der Waals surface area contributed by atoms with E-state index in [9.17, 15) is 4.79 Å². The van der Waals surface area contributed by atoms with Crippen LogP contribution in [0.3, 0.4) is 0 Å². The zero-order valence-corrected chi connectivity index (χ0v) is 13.5. The Morgan fingerprint density at radius 1 is 1.47 bits per heavy atom. The summed E-state index contributed by atoms with van der Waals surface area (Å²) in [6.45, 7) is 5.63. The third-order valence-corrected chi connectivity index (χ3v) is 4.36. The van der Waals surface area contributed by atoms with Crippen molar-refractivity contribution in [3.8, 4) is 0 Å². The van der Waals surface area contributed by atoms with Gasteiger partial charge in [-0.1, -0.05) is 0 Å². The molecular formula is C13H18IN3O2. The van der Waals surface area contributed by atoms with Crippen molar-refractivity contribution in [2.75, 3.05) is 0 Å². The van der Waals surface area contributed by atoms with Gasteiger partial charge in [-0.25, -0.2) is 4.79 Å². The fourth-order valence-electron chi connectivity index (χ4n) is 3.19. The van der Waals surface area contributed by atoms with Crippen LogP contribution in [0.1, 0.15) is 40.0 Å². The molecule has 1 amide bonds. The fraction of sp³-hybridized carbons (Fsp3) is 0.692. The first-order valence-corrected chi connectivity index (χ1v) is 7.52. The lowest BCUT2D eigenvalue weighted by Crippen LogP contribution is -2.79. The lowest BCUT2D eigenvalue weighted by molar-refractivity contribution is -0.143. The van der Waals surface area contributed by atoms with E-state index in [0.717, 1.165) is 22.8 Å². The average molecular weight is 375 g/mol. The van der Waals surface area contributed by atoms with Gasteiger partial charge in [-0.2, -0.15) is 5.10 Å². The Balaban J connectivity index is 1.57. The van der Waals surface area contributed by atoms with Crippen molar-refractivity contribution in [1.82, 2.24) is 15.1 Å². The molecule has 0 aromatic carbocycles. The standard InChI is InChI=1S/C13H18IN3O2/c1-11(2,3)19-10(18)16-12-6-13(7-12,8-12)17-5-9(14)4-15-17/h4-5H,6-8H2,1-3H3,(H,16,18). The largest absolute Gasteiger partial charge is 0.444 e. The molecule has 6 heteroatoms. The van der Waals surface area contributed by atoms with Gasteiger partial charge in [0.2, 0.25) is 0 Å². The highest BCUT2D eigenvalue weighted by atomic mass is 127. The molecule has 0 spiro atoms. The molecule has 1 aromatic heterocycles. The molecule has 3 aliphatic rings. The first kappa shape index (κ1) is 13.2. The fourth-order valence-corrected chi connectivity index (χ4v) is 3.58. The second-order valence-electron chi connectivity index (χ2n) is 6.77. The summed E-state index contributed by atoms with van der Waals surface area (Å²) in [7, 11) is 0. The van der Waals surface area contributed by atoms with Crippen LogP contribution in [-0.4, -0.2) is 27.0 Å². The van der Waals surface area contributed by atoms with E-state index in [1.807, 2.05) is 31.6 Å². The third kappa shape index (κ3) is 2.23. The summed E-state index contributed by atoms with van der Waals surface area (Å²) >= 11 is 2.26. The second-order valence-corrected chi connectivity index (χ2v) is 8.01. The first-order valence-electron chi connectivity index (χ1n) is 6.44. The van der Waals surface area contributed by atoms with E-state index >= 15 is 0 Å². The Morgan fingerprint density at radius 3 is 2.58 bits per heavy atom. The van der Waals surface area contributed by atoms with Crippen molar-refractivity contribution in [3.63, 3.8) is 0 Å². The van der Waals surface area contributed by atoms with Crippen LogP contribution in [0.2, 0.25) is 0 Å². The predicted octanol–water partition coefficient (Wildman–Crippen LogP) is 2.64.